The van der Waals surface area contributed by atoms with Gasteiger partial charge in [-0.25, -0.2) is 10.1 Å². The number of aromatic nitrogens is 3. The highest BCUT2D eigenvalue weighted by molar-refractivity contribution is 6.33. The molecule has 0 spiro atoms. The highest BCUT2D eigenvalue weighted by atomic mass is 35.5. The van der Waals surface area contributed by atoms with E-state index >= 15 is 0 Å². The third-order valence-corrected chi connectivity index (χ3v) is 3.59. The molecule has 0 bridgehead atoms. The zero-order valence-electron chi connectivity index (χ0n) is 13.7. The molecule has 3 rings (SSSR count). The fourth-order valence-electron chi connectivity index (χ4n) is 1.98. The van der Waals surface area contributed by atoms with Crippen molar-refractivity contribution in [3.8, 4) is 11.3 Å². The molecule has 1 aromatic carbocycles. The average molecular weight is 435 g/mol. The number of nitrogens with one attached hydrogen (secondary N) is 1. The third-order valence-electron chi connectivity index (χ3n) is 3.28. The Morgan fingerprint density at radius 2 is 2.07 bits per heavy atom. The molecule has 2 heterocycles. The number of aryl methyl sites for hydroxylation is 1. The Hall–Kier alpha value is -2.82. The van der Waals surface area contributed by atoms with Gasteiger partial charge in [-0.3, -0.25) is 10.1 Å². The average Bonchev–Trinajstić information content (AvgIpc) is 3.16. The van der Waals surface area contributed by atoms with Crippen molar-refractivity contribution in [2.75, 3.05) is 11.3 Å². The highest BCUT2D eigenvalue weighted by Gasteiger charge is 2.13. The molecule has 0 fully saturated rings. The van der Waals surface area contributed by atoms with Gasteiger partial charge in [0.25, 0.3) is 11.6 Å². The van der Waals surface area contributed by atoms with E-state index in [1.807, 2.05) is 0 Å². The summed E-state index contributed by atoms with van der Waals surface area (Å²) in [5, 5.41) is 22.5. The van der Waals surface area contributed by atoms with Crippen LogP contribution in [0.4, 0.5) is 11.6 Å². The van der Waals surface area contributed by atoms with Crippen LogP contribution in [0.5, 0.6) is 0 Å². The molecule has 0 saturated heterocycles. The maximum absolute atomic E-state index is 10.7. The molecule has 3 N–H and O–H groups in total. The molecule has 0 radical (unpaired) electrons. The number of hydrazone groups is 1. The van der Waals surface area contributed by atoms with Gasteiger partial charge in [0.05, 0.1) is 16.2 Å². The largest absolute Gasteiger partial charge is 0.455 e. The smallest absolute Gasteiger partial charge is 0.270 e. The van der Waals surface area contributed by atoms with Crippen LogP contribution >= 0.6 is 36.4 Å². The second-order valence-electron chi connectivity index (χ2n) is 4.93. The first kappa shape index (κ1) is 22.2. The topological polar surface area (TPSA) is 137 Å². The first-order valence-electron chi connectivity index (χ1n) is 6.96. The zero-order chi connectivity index (χ0) is 18.0. The molecule has 0 atom stereocenters. The van der Waals surface area contributed by atoms with Crippen LogP contribution in [0.3, 0.4) is 0 Å². The number of anilines is 1. The van der Waals surface area contributed by atoms with Gasteiger partial charge in [0.15, 0.2) is 5.82 Å². The highest BCUT2D eigenvalue weighted by Crippen LogP contribution is 2.32. The minimum Gasteiger partial charge on any atom is -0.455 e. The van der Waals surface area contributed by atoms with Crippen LogP contribution in [-0.2, 0) is 0 Å². The minimum atomic E-state index is -0.514. The van der Waals surface area contributed by atoms with E-state index in [2.05, 4.69) is 20.7 Å². The van der Waals surface area contributed by atoms with Crippen LogP contribution in [0.15, 0.2) is 39.9 Å². The lowest BCUT2D eigenvalue weighted by molar-refractivity contribution is -0.384. The van der Waals surface area contributed by atoms with Gasteiger partial charge in [-0.05, 0) is 25.1 Å². The van der Waals surface area contributed by atoms with Crippen LogP contribution in [-0.4, -0.2) is 26.0 Å². The van der Waals surface area contributed by atoms with Crippen molar-refractivity contribution in [2.24, 2.45) is 5.10 Å². The zero-order valence-corrected chi connectivity index (χ0v) is 16.1. The van der Waals surface area contributed by atoms with E-state index in [0.29, 0.717) is 22.9 Å². The van der Waals surface area contributed by atoms with Gasteiger partial charge in [-0.15, -0.1) is 35.0 Å². The molecule has 0 aliphatic carbocycles. The molecule has 144 valence electrons. The molecule has 0 unspecified atom stereocenters. The molecule has 3 aromatic rings. The molecular formula is C14H14Cl3N7O3. The Balaban J connectivity index is 0.00000182. The van der Waals surface area contributed by atoms with Gasteiger partial charge in [0.2, 0.25) is 0 Å². The Bertz CT molecular complexity index is 971. The lowest BCUT2D eigenvalue weighted by Crippen LogP contribution is -2.13. The number of hydrogen-bond acceptors (Lipinski definition) is 8. The van der Waals surface area contributed by atoms with Crippen molar-refractivity contribution in [2.45, 2.75) is 6.92 Å². The molecule has 10 nitrogen and oxygen atoms in total. The van der Waals surface area contributed by atoms with E-state index in [9.17, 15) is 10.1 Å². The Morgan fingerprint density at radius 3 is 2.67 bits per heavy atom. The van der Waals surface area contributed by atoms with Crippen molar-refractivity contribution in [3.63, 3.8) is 0 Å². The van der Waals surface area contributed by atoms with Crippen LogP contribution in [0.2, 0.25) is 5.02 Å². The van der Waals surface area contributed by atoms with Crippen LogP contribution in [0.25, 0.3) is 11.3 Å². The van der Waals surface area contributed by atoms with Crippen molar-refractivity contribution in [3.05, 3.63) is 57.1 Å². The SMILES string of the molecule is Cc1nnc(NN=Cc2ccc(-c3ccc([N+](=O)[O-])cc3Cl)o2)n1N.Cl.Cl. The molecule has 27 heavy (non-hydrogen) atoms. The number of rotatable bonds is 5. The van der Waals surface area contributed by atoms with Gasteiger partial charge in [-0.1, -0.05) is 11.6 Å². The number of hydrogen-bond donors (Lipinski definition) is 2. The normalized spacial score (nSPS) is 10.3. The van der Waals surface area contributed by atoms with Crippen molar-refractivity contribution >= 4 is 54.3 Å². The number of nitrogens with two attached hydrogens (primary N) is 1. The van der Waals surface area contributed by atoms with Gasteiger partial charge >= 0.3 is 0 Å². The first-order valence-corrected chi connectivity index (χ1v) is 7.34. The Morgan fingerprint density at radius 1 is 1.33 bits per heavy atom. The summed E-state index contributed by atoms with van der Waals surface area (Å²) in [4.78, 5) is 10.2. The van der Waals surface area contributed by atoms with Crippen molar-refractivity contribution in [1.82, 2.24) is 14.9 Å². The number of nitro benzene ring substituents is 1. The van der Waals surface area contributed by atoms with Gasteiger partial charge < -0.3 is 10.3 Å². The lowest BCUT2D eigenvalue weighted by atomic mass is 10.1. The molecule has 0 saturated carbocycles. The standard InChI is InChI=1S/C14H12ClN7O3.2ClH/c1-8-18-20-14(21(8)16)19-17-7-10-3-5-13(25-10)11-4-2-9(22(23)24)6-12(11)15;;/h2-7H,16H2,1H3,(H,19,20);2*1H. The van der Waals surface area contributed by atoms with Gasteiger partial charge in [-0.2, -0.15) is 5.10 Å². The minimum absolute atomic E-state index is 0. The van der Waals surface area contributed by atoms with Crippen LogP contribution in [0, 0.1) is 17.0 Å². The Labute approximate surface area is 170 Å². The van der Waals surface area contributed by atoms with E-state index < -0.39 is 4.92 Å². The lowest BCUT2D eigenvalue weighted by Gasteiger charge is -2.00. The summed E-state index contributed by atoms with van der Waals surface area (Å²) in [6.45, 7) is 1.70. The molecule has 0 aliphatic rings. The molecule has 13 heteroatoms. The fraction of sp³-hybridized carbons (Fsp3) is 0.0714. The Kier molecular flexibility index (Phi) is 7.58. The number of nitro groups is 1. The van der Waals surface area contributed by atoms with Crippen molar-refractivity contribution < 1.29 is 9.34 Å². The predicted molar refractivity (Wildman–Crippen MR) is 106 cm³/mol. The van der Waals surface area contributed by atoms with Crippen LogP contribution in [0.1, 0.15) is 11.6 Å². The summed E-state index contributed by atoms with van der Waals surface area (Å²) < 4.78 is 6.86. The maximum Gasteiger partial charge on any atom is 0.270 e. The molecule has 2 aromatic heterocycles. The summed E-state index contributed by atoms with van der Waals surface area (Å²) in [6.07, 6.45) is 1.42. The van der Waals surface area contributed by atoms with Gasteiger partial charge in [0, 0.05) is 17.7 Å². The summed E-state index contributed by atoms with van der Waals surface area (Å²) in [5.41, 5.74) is 3.08. The van der Waals surface area contributed by atoms with Crippen LogP contribution < -0.4 is 11.3 Å². The molecular weight excluding hydrogens is 421 g/mol. The predicted octanol–water partition coefficient (Wildman–Crippen LogP) is 3.41. The van der Waals surface area contributed by atoms with E-state index in [4.69, 9.17) is 21.9 Å². The third kappa shape index (κ3) is 4.88. The second-order valence-corrected chi connectivity index (χ2v) is 5.34. The number of furan rings is 1. The van der Waals surface area contributed by atoms with Gasteiger partial charge in [0.1, 0.15) is 11.5 Å². The van der Waals surface area contributed by atoms with Crippen molar-refractivity contribution in [1.29, 1.82) is 0 Å². The monoisotopic (exact) mass is 433 g/mol. The van der Waals surface area contributed by atoms with E-state index in [-0.39, 0.29) is 41.5 Å². The first-order chi connectivity index (χ1) is 12.0. The summed E-state index contributed by atoms with van der Waals surface area (Å²) >= 11 is 6.08. The number of nitrogen functional groups attached to an aromatic ring is 1. The van der Waals surface area contributed by atoms with E-state index in [1.165, 1.54) is 29.1 Å². The summed E-state index contributed by atoms with van der Waals surface area (Å²) in [6, 6.07) is 7.51. The molecule has 0 aliphatic heterocycles. The number of halogens is 3. The van der Waals surface area contributed by atoms with E-state index in [0.717, 1.165) is 0 Å². The molecule has 0 amide bonds. The number of nitrogens with zero attached hydrogens (tertiary/aromatic N) is 5. The number of benzene rings is 1. The summed E-state index contributed by atoms with van der Waals surface area (Å²) in [7, 11) is 0. The maximum atomic E-state index is 10.7. The summed E-state index contributed by atoms with van der Waals surface area (Å²) in [5.74, 6) is 7.39. The number of non-ortho nitro benzene ring substituents is 1. The quantitative estimate of drug-likeness (QED) is 0.271. The second kappa shape index (κ2) is 9.21. The van der Waals surface area contributed by atoms with E-state index in [1.54, 1.807) is 19.1 Å². The fourth-order valence-corrected chi connectivity index (χ4v) is 2.25.